The molecule has 0 radical (unpaired) electrons. The number of amides is 1. The Morgan fingerprint density at radius 2 is 1.88 bits per heavy atom. The van der Waals surface area contributed by atoms with E-state index in [0.29, 0.717) is 6.42 Å². The summed E-state index contributed by atoms with van der Waals surface area (Å²) in [7, 11) is 0. The van der Waals surface area contributed by atoms with Gasteiger partial charge in [0.25, 0.3) is 0 Å². The first-order valence-corrected chi connectivity index (χ1v) is 5.44. The fourth-order valence-electron chi connectivity index (χ4n) is 1.28. The molecular formula is C11H22N2O3. The first-order valence-electron chi connectivity index (χ1n) is 5.44. The molecule has 0 aromatic heterocycles. The molecule has 0 aliphatic heterocycles. The highest BCUT2D eigenvalue weighted by molar-refractivity contribution is 5.85. The van der Waals surface area contributed by atoms with Crippen molar-refractivity contribution in [3.63, 3.8) is 0 Å². The summed E-state index contributed by atoms with van der Waals surface area (Å²) in [5.41, 5.74) is 4.61. The molecule has 0 aliphatic carbocycles. The van der Waals surface area contributed by atoms with Crippen molar-refractivity contribution in [1.29, 1.82) is 0 Å². The summed E-state index contributed by atoms with van der Waals surface area (Å²) in [5, 5.41) is 11.5. The maximum Gasteiger partial charge on any atom is 0.308 e. The van der Waals surface area contributed by atoms with Gasteiger partial charge in [0, 0.05) is 6.54 Å². The van der Waals surface area contributed by atoms with E-state index < -0.39 is 17.4 Å². The third kappa shape index (κ3) is 5.70. The monoisotopic (exact) mass is 230 g/mol. The van der Waals surface area contributed by atoms with Crippen LogP contribution in [0.1, 0.15) is 34.1 Å². The first kappa shape index (κ1) is 14.9. The second kappa shape index (κ2) is 5.84. The maximum atomic E-state index is 11.4. The number of carboxylic acid groups (broad SMARTS) is 1. The SMILES string of the molecule is CC(C)CC(CNC(=O)C(C)(C)N)C(=O)O. The van der Waals surface area contributed by atoms with E-state index in [1.165, 1.54) is 0 Å². The van der Waals surface area contributed by atoms with E-state index in [9.17, 15) is 9.59 Å². The summed E-state index contributed by atoms with van der Waals surface area (Å²) >= 11 is 0. The zero-order valence-electron chi connectivity index (χ0n) is 10.4. The molecule has 0 aromatic rings. The van der Waals surface area contributed by atoms with Crippen molar-refractivity contribution in [1.82, 2.24) is 5.32 Å². The maximum absolute atomic E-state index is 11.4. The van der Waals surface area contributed by atoms with Crippen LogP contribution in [0.3, 0.4) is 0 Å². The number of hydrogen-bond donors (Lipinski definition) is 3. The lowest BCUT2D eigenvalue weighted by Gasteiger charge is -2.20. The smallest absolute Gasteiger partial charge is 0.308 e. The van der Waals surface area contributed by atoms with Crippen LogP contribution in [0.2, 0.25) is 0 Å². The van der Waals surface area contributed by atoms with Crippen LogP contribution in [-0.4, -0.2) is 29.1 Å². The number of hydrogen-bond acceptors (Lipinski definition) is 3. The zero-order valence-corrected chi connectivity index (χ0v) is 10.4. The molecule has 16 heavy (non-hydrogen) atoms. The Bertz CT molecular complexity index is 256. The van der Waals surface area contributed by atoms with Gasteiger partial charge < -0.3 is 16.2 Å². The number of carbonyl (C=O) groups is 2. The van der Waals surface area contributed by atoms with Gasteiger partial charge in [-0.1, -0.05) is 13.8 Å². The molecule has 5 heteroatoms. The second-order valence-corrected chi connectivity index (χ2v) is 5.10. The number of nitrogens with two attached hydrogens (primary N) is 1. The highest BCUT2D eigenvalue weighted by atomic mass is 16.4. The minimum atomic E-state index is -0.971. The van der Waals surface area contributed by atoms with E-state index in [1.807, 2.05) is 13.8 Å². The van der Waals surface area contributed by atoms with Crippen molar-refractivity contribution in [2.45, 2.75) is 39.7 Å². The molecule has 0 aromatic carbocycles. The fraction of sp³-hybridized carbons (Fsp3) is 0.818. The van der Waals surface area contributed by atoms with Crippen LogP contribution in [-0.2, 0) is 9.59 Å². The van der Waals surface area contributed by atoms with Crippen molar-refractivity contribution in [2.24, 2.45) is 17.6 Å². The number of carbonyl (C=O) groups excluding carboxylic acids is 1. The zero-order chi connectivity index (χ0) is 12.9. The van der Waals surface area contributed by atoms with Crippen molar-refractivity contribution in [3.8, 4) is 0 Å². The molecule has 1 unspecified atom stereocenters. The molecule has 0 saturated carbocycles. The molecule has 94 valence electrons. The molecule has 0 fully saturated rings. The third-order valence-electron chi connectivity index (χ3n) is 2.20. The van der Waals surface area contributed by atoms with Crippen molar-refractivity contribution in [3.05, 3.63) is 0 Å². The lowest BCUT2D eigenvalue weighted by molar-refractivity contribution is -0.142. The molecule has 1 atom stereocenters. The molecule has 0 heterocycles. The van der Waals surface area contributed by atoms with Gasteiger partial charge in [0.1, 0.15) is 0 Å². The van der Waals surface area contributed by atoms with Gasteiger partial charge in [0.2, 0.25) is 5.91 Å². The Balaban J connectivity index is 4.23. The van der Waals surface area contributed by atoms with Gasteiger partial charge in [0.05, 0.1) is 11.5 Å². The molecule has 1 amide bonds. The quantitative estimate of drug-likeness (QED) is 0.622. The Labute approximate surface area is 96.4 Å². The van der Waals surface area contributed by atoms with Crippen LogP contribution >= 0.6 is 0 Å². The van der Waals surface area contributed by atoms with Crippen molar-refractivity contribution >= 4 is 11.9 Å². The highest BCUT2D eigenvalue weighted by Gasteiger charge is 2.25. The predicted octanol–water partition coefficient (Wildman–Crippen LogP) is 0.587. The van der Waals surface area contributed by atoms with E-state index in [2.05, 4.69) is 5.32 Å². The summed E-state index contributed by atoms with van der Waals surface area (Å²) < 4.78 is 0. The minimum Gasteiger partial charge on any atom is -0.481 e. The molecule has 0 bridgehead atoms. The Hall–Kier alpha value is -1.10. The van der Waals surface area contributed by atoms with Crippen LogP contribution < -0.4 is 11.1 Å². The predicted molar refractivity (Wildman–Crippen MR) is 61.9 cm³/mol. The molecular weight excluding hydrogens is 208 g/mol. The molecule has 0 spiro atoms. The molecule has 0 aliphatic rings. The van der Waals surface area contributed by atoms with Crippen LogP contribution in [0.15, 0.2) is 0 Å². The Morgan fingerprint density at radius 1 is 1.38 bits per heavy atom. The summed E-state index contributed by atoms with van der Waals surface area (Å²) in [6.45, 7) is 7.20. The Kier molecular flexibility index (Phi) is 5.44. The number of aliphatic carboxylic acids is 1. The van der Waals surface area contributed by atoms with Gasteiger partial charge in [-0.25, -0.2) is 0 Å². The van der Waals surface area contributed by atoms with Crippen molar-refractivity contribution in [2.75, 3.05) is 6.54 Å². The van der Waals surface area contributed by atoms with E-state index in [-0.39, 0.29) is 18.4 Å². The normalized spacial score (nSPS) is 13.6. The average molecular weight is 230 g/mol. The highest BCUT2D eigenvalue weighted by Crippen LogP contribution is 2.11. The standard InChI is InChI=1S/C11H22N2O3/c1-7(2)5-8(9(14)15)6-13-10(16)11(3,4)12/h7-8H,5-6,12H2,1-4H3,(H,13,16)(H,14,15). The summed E-state index contributed by atoms with van der Waals surface area (Å²) in [6, 6.07) is 0. The number of nitrogens with one attached hydrogen (secondary N) is 1. The van der Waals surface area contributed by atoms with E-state index in [1.54, 1.807) is 13.8 Å². The van der Waals surface area contributed by atoms with Crippen LogP contribution in [0.25, 0.3) is 0 Å². The summed E-state index contributed by atoms with van der Waals surface area (Å²) in [6.07, 6.45) is 0.542. The number of carboxylic acids is 1. The largest absolute Gasteiger partial charge is 0.481 e. The third-order valence-corrected chi connectivity index (χ3v) is 2.20. The lowest BCUT2D eigenvalue weighted by Crippen LogP contribution is -2.50. The van der Waals surface area contributed by atoms with Gasteiger partial charge in [0.15, 0.2) is 0 Å². The van der Waals surface area contributed by atoms with Crippen LogP contribution in [0.4, 0.5) is 0 Å². The molecule has 5 nitrogen and oxygen atoms in total. The average Bonchev–Trinajstić information content (AvgIpc) is 2.08. The van der Waals surface area contributed by atoms with Gasteiger partial charge >= 0.3 is 5.97 Å². The van der Waals surface area contributed by atoms with Gasteiger partial charge in [-0.15, -0.1) is 0 Å². The lowest BCUT2D eigenvalue weighted by atomic mass is 9.96. The van der Waals surface area contributed by atoms with Crippen molar-refractivity contribution < 1.29 is 14.7 Å². The topological polar surface area (TPSA) is 92.4 Å². The van der Waals surface area contributed by atoms with E-state index in [4.69, 9.17) is 10.8 Å². The van der Waals surface area contributed by atoms with Gasteiger partial charge in [-0.2, -0.15) is 0 Å². The fourth-order valence-corrected chi connectivity index (χ4v) is 1.28. The first-order chi connectivity index (χ1) is 7.14. The Morgan fingerprint density at radius 3 is 2.19 bits per heavy atom. The van der Waals surface area contributed by atoms with Crippen LogP contribution in [0, 0.1) is 11.8 Å². The molecule has 0 saturated heterocycles. The van der Waals surface area contributed by atoms with Crippen LogP contribution in [0.5, 0.6) is 0 Å². The second-order valence-electron chi connectivity index (χ2n) is 5.10. The molecule has 0 rings (SSSR count). The van der Waals surface area contributed by atoms with E-state index >= 15 is 0 Å². The van der Waals surface area contributed by atoms with E-state index in [0.717, 1.165) is 0 Å². The summed E-state index contributed by atoms with van der Waals surface area (Å²) in [5.74, 6) is -1.48. The summed E-state index contributed by atoms with van der Waals surface area (Å²) in [4.78, 5) is 22.4. The van der Waals surface area contributed by atoms with Gasteiger partial charge in [-0.3, -0.25) is 9.59 Å². The number of rotatable bonds is 6. The van der Waals surface area contributed by atoms with Gasteiger partial charge in [-0.05, 0) is 26.2 Å². The minimum absolute atomic E-state index is 0.132. The molecule has 4 N–H and O–H groups in total.